The Labute approximate surface area is 101 Å². The minimum Gasteiger partial charge on any atom is -0.475 e. The normalized spacial score (nSPS) is 10.7. The van der Waals surface area contributed by atoms with Crippen molar-refractivity contribution in [3.8, 4) is 11.5 Å². The zero-order chi connectivity index (χ0) is 12.5. The van der Waals surface area contributed by atoms with Crippen LogP contribution in [0.5, 0.6) is 0 Å². The second kappa shape index (κ2) is 3.92. The molecule has 0 aliphatic rings. The monoisotopic (exact) mass is 241 g/mol. The van der Waals surface area contributed by atoms with Crippen molar-refractivity contribution in [1.82, 2.24) is 15.1 Å². The molecule has 0 fully saturated rings. The first-order valence-electron chi connectivity index (χ1n) is 5.16. The van der Waals surface area contributed by atoms with Gasteiger partial charge in [-0.25, -0.2) is 4.79 Å². The second-order valence-corrected chi connectivity index (χ2v) is 3.64. The van der Waals surface area contributed by atoms with Gasteiger partial charge in [-0.3, -0.25) is 4.98 Å². The molecule has 0 aliphatic carbocycles. The van der Waals surface area contributed by atoms with E-state index in [0.717, 1.165) is 10.9 Å². The SMILES string of the molecule is O=C(O)c1noc(-c2ccc3ncccc3c2)n1. The van der Waals surface area contributed by atoms with Gasteiger partial charge in [-0.05, 0) is 29.4 Å². The van der Waals surface area contributed by atoms with Crippen LogP contribution in [0.15, 0.2) is 41.1 Å². The summed E-state index contributed by atoms with van der Waals surface area (Å²) in [5.41, 5.74) is 1.51. The van der Waals surface area contributed by atoms with Crippen molar-refractivity contribution >= 4 is 16.9 Å². The fourth-order valence-corrected chi connectivity index (χ4v) is 1.64. The second-order valence-electron chi connectivity index (χ2n) is 3.64. The summed E-state index contributed by atoms with van der Waals surface area (Å²) in [5, 5.41) is 13.0. The first kappa shape index (κ1) is 10.4. The number of aromatic carboxylic acids is 1. The molecule has 0 saturated heterocycles. The van der Waals surface area contributed by atoms with Crippen molar-refractivity contribution < 1.29 is 14.4 Å². The molecule has 6 heteroatoms. The maximum Gasteiger partial charge on any atom is 0.377 e. The molecule has 88 valence electrons. The number of rotatable bonds is 2. The number of carboxylic acids is 1. The molecule has 18 heavy (non-hydrogen) atoms. The third-order valence-electron chi connectivity index (χ3n) is 2.47. The van der Waals surface area contributed by atoms with Crippen LogP contribution in [0.2, 0.25) is 0 Å². The number of fused-ring (bicyclic) bond motifs is 1. The van der Waals surface area contributed by atoms with Gasteiger partial charge in [0.1, 0.15) is 0 Å². The first-order chi connectivity index (χ1) is 8.74. The molecule has 0 aliphatic heterocycles. The van der Waals surface area contributed by atoms with Gasteiger partial charge in [0.2, 0.25) is 0 Å². The molecular weight excluding hydrogens is 234 g/mol. The summed E-state index contributed by atoms with van der Waals surface area (Å²) in [5.74, 6) is -1.39. The Morgan fingerprint density at radius 1 is 1.28 bits per heavy atom. The fraction of sp³-hybridized carbons (Fsp3) is 0. The summed E-state index contributed by atoms with van der Waals surface area (Å²) in [4.78, 5) is 18.6. The molecule has 3 rings (SSSR count). The third-order valence-corrected chi connectivity index (χ3v) is 2.47. The predicted molar refractivity (Wildman–Crippen MR) is 62.0 cm³/mol. The zero-order valence-electron chi connectivity index (χ0n) is 9.07. The average Bonchev–Trinajstić information content (AvgIpc) is 2.88. The number of carbonyl (C=O) groups is 1. The van der Waals surface area contributed by atoms with E-state index in [-0.39, 0.29) is 11.7 Å². The van der Waals surface area contributed by atoms with E-state index in [2.05, 4.69) is 15.1 Å². The largest absolute Gasteiger partial charge is 0.475 e. The highest BCUT2D eigenvalue weighted by Gasteiger charge is 2.14. The lowest BCUT2D eigenvalue weighted by molar-refractivity contribution is 0.0680. The molecule has 1 aromatic carbocycles. The lowest BCUT2D eigenvalue weighted by Crippen LogP contribution is -1.98. The lowest BCUT2D eigenvalue weighted by Gasteiger charge is -1.98. The molecule has 0 atom stereocenters. The van der Waals surface area contributed by atoms with E-state index < -0.39 is 5.97 Å². The molecule has 0 unspecified atom stereocenters. The number of hydrogen-bond acceptors (Lipinski definition) is 5. The van der Waals surface area contributed by atoms with Gasteiger partial charge in [0.05, 0.1) is 5.52 Å². The van der Waals surface area contributed by atoms with Gasteiger partial charge < -0.3 is 9.63 Å². The number of nitrogens with zero attached hydrogens (tertiary/aromatic N) is 3. The van der Waals surface area contributed by atoms with Crippen molar-refractivity contribution in [3.05, 3.63) is 42.4 Å². The van der Waals surface area contributed by atoms with Crippen molar-refractivity contribution in [1.29, 1.82) is 0 Å². The van der Waals surface area contributed by atoms with Gasteiger partial charge in [0.25, 0.3) is 11.7 Å². The van der Waals surface area contributed by atoms with Crippen LogP contribution >= 0.6 is 0 Å². The Bertz CT molecular complexity index is 736. The molecule has 2 aromatic heterocycles. The number of carboxylic acid groups (broad SMARTS) is 1. The molecule has 2 heterocycles. The highest BCUT2D eigenvalue weighted by atomic mass is 16.5. The third kappa shape index (κ3) is 1.69. The molecule has 0 saturated carbocycles. The van der Waals surface area contributed by atoms with Crippen molar-refractivity contribution in [2.45, 2.75) is 0 Å². The topological polar surface area (TPSA) is 89.1 Å². The van der Waals surface area contributed by atoms with Gasteiger partial charge in [-0.15, -0.1) is 0 Å². The van der Waals surface area contributed by atoms with Gasteiger partial charge in [-0.1, -0.05) is 6.07 Å². The smallest absolute Gasteiger partial charge is 0.377 e. The summed E-state index contributed by atoms with van der Waals surface area (Å²) in [6.07, 6.45) is 1.71. The predicted octanol–water partition coefficient (Wildman–Crippen LogP) is 1.98. The Hall–Kier alpha value is -2.76. The Morgan fingerprint density at radius 3 is 2.94 bits per heavy atom. The zero-order valence-corrected chi connectivity index (χ0v) is 9.07. The number of hydrogen-bond donors (Lipinski definition) is 1. The summed E-state index contributed by atoms with van der Waals surface area (Å²) >= 11 is 0. The molecule has 0 radical (unpaired) electrons. The molecule has 0 bridgehead atoms. The molecule has 0 amide bonds. The highest BCUT2D eigenvalue weighted by Crippen LogP contribution is 2.21. The molecule has 3 aromatic rings. The molecule has 6 nitrogen and oxygen atoms in total. The van der Waals surface area contributed by atoms with Crippen LogP contribution in [0.3, 0.4) is 0 Å². The van der Waals surface area contributed by atoms with Gasteiger partial charge in [0, 0.05) is 17.1 Å². The number of pyridine rings is 1. The van der Waals surface area contributed by atoms with E-state index >= 15 is 0 Å². The minimum absolute atomic E-state index is 0.179. The van der Waals surface area contributed by atoms with E-state index in [9.17, 15) is 4.79 Å². The van der Waals surface area contributed by atoms with Crippen LogP contribution in [0.25, 0.3) is 22.4 Å². The standard InChI is InChI=1S/C12H7N3O3/c16-12(17)10-14-11(18-15-10)8-3-4-9-7(6-8)2-1-5-13-9/h1-6H,(H,16,17). The van der Waals surface area contributed by atoms with Crippen LogP contribution in [0.1, 0.15) is 10.6 Å². The van der Waals surface area contributed by atoms with E-state index in [4.69, 9.17) is 9.63 Å². The maximum absolute atomic E-state index is 10.7. The lowest BCUT2D eigenvalue weighted by atomic mass is 10.1. The summed E-state index contributed by atoms with van der Waals surface area (Å²) in [6.45, 7) is 0. The quantitative estimate of drug-likeness (QED) is 0.737. The first-order valence-corrected chi connectivity index (χ1v) is 5.16. The summed E-state index contributed by atoms with van der Waals surface area (Å²) < 4.78 is 4.90. The van der Waals surface area contributed by atoms with Crippen LogP contribution in [-0.2, 0) is 0 Å². The van der Waals surface area contributed by atoms with Crippen LogP contribution in [0.4, 0.5) is 0 Å². The van der Waals surface area contributed by atoms with E-state index in [1.165, 1.54) is 0 Å². The van der Waals surface area contributed by atoms with E-state index in [1.54, 1.807) is 12.3 Å². The van der Waals surface area contributed by atoms with Crippen LogP contribution in [0, 0.1) is 0 Å². The molecule has 0 spiro atoms. The number of benzene rings is 1. The minimum atomic E-state index is -1.22. The van der Waals surface area contributed by atoms with E-state index in [1.807, 2.05) is 24.3 Å². The maximum atomic E-state index is 10.7. The Balaban J connectivity index is 2.10. The average molecular weight is 241 g/mol. The van der Waals surface area contributed by atoms with Crippen molar-refractivity contribution in [3.63, 3.8) is 0 Å². The van der Waals surface area contributed by atoms with E-state index in [0.29, 0.717) is 5.56 Å². The van der Waals surface area contributed by atoms with Gasteiger partial charge >= 0.3 is 5.97 Å². The molecular formula is C12H7N3O3. The molecule has 1 N–H and O–H groups in total. The van der Waals surface area contributed by atoms with Crippen molar-refractivity contribution in [2.75, 3.05) is 0 Å². The van der Waals surface area contributed by atoms with Crippen LogP contribution < -0.4 is 0 Å². The van der Waals surface area contributed by atoms with Crippen molar-refractivity contribution in [2.24, 2.45) is 0 Å². The summed E-state index contributed by atoms with van der Waals surface area (Å²) in [6, 6.07) is 9.12. The van der Waals surface area contributed by atoms with Gasteiger partial charge in [0.15, 0.2) is 0 Å². The fourth-order valence-electron chi connectivity index (χ4n) is 1.64. The van der Waals surface area contributed by atoms with Crippen LogP contribution in [-0.4, -0.2) is 26.2 Å². The van der Waals surface area contributed by atoms with Gasteiger partial charge in [-0.2, -0.15) is 4.98 Å². The Morgan fingerprint density at radius 2 is 2.17 bits per heavy atom. The number of aromatic nitrogens is 3. The highest BCUT2D eigenvalue weighted by molar-refractivity contribution is 5.85. The Kier molecular flexibility index (Phi) is 2.26. The summed E-state index contributed by atoms with van der Waals surface area (Å²) in [7, 11) is 0.